The zero-order chi connectivity index (χ0) is 29.8. The molecule has 1 saturated heterocycles. The summed E-state index contributed by atoms with van der Waals surface area (Å²) < 4.78 is 36.7. The van der Waals surface area contributed by atoms with E-state index in [4.69, 9.17) is 9.72 Å². The topological polar surface area (TPSA) is 137 Å². The zero-order valence-corrected chi connectivity index (χ0v) is 23.1. The quantitative estimate of drug-likeness (QED) is 0.272. The van der Waals surface area contributed by atoms with Crippen LogP contribution in [0.2, 0.25) is 0 Å². The van der Waals surface area contributed by atoms with E-state index in [1.807, 2.05) is 30.1 Å². The van der Waals surface area contributed by atoms with Gasteiger partial charge >= 0.3 is 0 Å². The van der Waals surface area contributed by atoms with Gasteiger partial charge < -0.3 is 20.7 Å². The third kappa shape index (κ3) is 6.09. The van der Waals surface area contributed by atoms with Crippen molar-refractivity contribution >= 4 is 45.3 Å². The number of aryl methyl sites for hydroxylation is 1. The van der Waals surface area contributed by atoms with Crippen molar-refractivity contribution in [1.82, 2.24) is 29.9 Å². The summed E-state index contributed by atoms with van der Waals surface area (Å²) in [6.07, 6.45) is 2.64. The van der Waals surface area contributed by atoms with Crippen molar-refractivity contribution in [3.63, 3.8) is 0 Å². The summed E-state index contributed by atoms with van der Waals surface area (Å²) in [6.45, 7) is 5.92. The first-order valence-corrected chi connectivity index (χ1v) is 13.2. The molecule has 0 spiro atoms. The molecule has 3 aromatic heterocycles. The smallest absolute Gasteiger partial charge is 0.240 e. The maximum absolute atomic E-state index is 15.4. The number of hydrogen-bond acceptors (Lipinski definition) is 9. The number of carbonyl (C=O) groups is 1. The van der Waals surface area contributed by atoms with E-state index in [2.05, 4.69) is 37.9 Å². The molecule has 11 nitrogen and oxygen atoms in total. The number of fused-ring (bicyclic) bond motifs is 2. The Morgan fingerprint density at radius 1 is 1.14 bits per heavy atom. The van der Waals surface area contributed by atoms with Crippen molar-refractivity contribution in [3.8, 4) is 11.5 Å². The molecule has 42 heavy (non-hydrogen) atoms. The molecule has 1 aliphatic rings. The second-order valence-corrected chi connectivity index (χ2v) is 9.67. The molecule has 0 unspecified atom stereocenters. The van der Waals surface area contributed by atoms with Crippen LogP contribution < -0.4 is 20.7 Å². The zero-order valence-electron chi connectivity index (χ0n) is 23.1. The molecule has 2 aromatic carbocycles. The number of ether oxygens (including phenoxy) is 1. The Kier molecular flexibility index (Phi) is 8.18. The highest BCUT2D eigenvalue weighted by Crippen LogP contribution is 2.33. The highest BCUT2D eigenvalue weighted by atomic mass is 19.1. The summed E-state index contributed by atoms with van der Waals surface area (Å²) in [5.74, 6) is 1.07. The Morgan fingerprint density at radius 2 is 1.90 bits per heavy atom. The molecule has 5 aromatic rings. The number of nitrogens with two attached hydrogens (primary N) is 1. The maximum Gasteiger partial charge on any atom is 0.240 e. The van der Waals surface area contributed by atoms with E-state index in [0.29, 0.717) is 65.4 Å². The summed E-state index contributed by atoms with van der Waals surface area (Å²) in [5, 5.41) is 11.2. The molecule has 1 aliphatic heterocycles. The molecule has 0 radical (unpaired) electrons. The fraction of sp³-hybridized carbons (Fsp3) is 0.241. The van der Waals surface area contributed by atoms with Crippen molar-refractivity contribution in [3.05, 3.63) is 72.8 Å². The summed E-state index contributed by atoms with van der Waals surface area (Å²) in [7, 11) is 1.81. The van der Waals surface area contributed by atoms with E-state index in [1.165, 1.54) is 6.33 Å². The van der Waals surface area contributed by atoms with Gasteiger partial charge in [0.25, 0.3) is 0 Å². The Balaban J connectivity index is 0.000000652. The molecular weight excluding hydrogens is 544 g/mol. The fourth-order valence-corrected chi connectivity index (χ4v) is 4.49. The van der Waals surface area contributed by atoms with Gasteiger partial charge in [0.1, 0.15) is 40.8 Å². The molecule has 13 heteroatoms. The van der Waals surface area contributed by atoms with Gasteiger partial charge in [-0.3, -0.25) is 4.79 Å². The molecular formula is C29H29F2N9O2. The molecule has 0 bridgehead atoms. The minimum absolute atomic E-state index is 0.236. The number of halogens is 2. The van der Waals surface area contributed by atoms with Crippen LogP contribution in [0.3, 0.4) is 0 Å². The van der Waals surface area contributed by atoms with Crippen LogP contribution in [0.4, 0.5) is 26.1 Å². The third-order valence-electron chi connectivity index (χ3n) is 6.82. The number of carbonyl (C=O) groups excluding carboxylic acids is 1. The van der Waals surface area contributed by atoms with Crippen LogP contribution in [-0.4, -0.2) is 55.1 Å². The first-order chi connectivity index (χ1) is 20.2. The second kappa shape index (κ2) is 12.1. The van der Waals surface area contributed by atoms with E-state index in [9.17, 15) is 9.18 Å². The lowest BCUT2D eigenvalue weighted by Gasteiger charge is -2.29. The first-order valence-electron chi connectivity index (χ1n) is 13.2. The number of hydrogen-bond donors (Lipinski definition) is 2. The molecule has 1 fully saturated rings. The molecule has 4 heterocycles. The van der Waals surface area contributed by atoms with E-state index in [0.717, 1.165) is 17.4 Å². The van der Waals surface area contributed by atoms with Crippen molar-refractivity contribution in [2.45, 2.75) is 25.9 Å². The van der Waals surface area contributed by atoms with Crippen LogP contribution >= 0.6 is 0 Å². The molecule has 0 saturated carbocycles. The van der Waals surface area contributed by atoms with E-state index < -0.39 is 17.9 Å². The summed E-state index contributed by atoms with van der Waals surface area (Å²) >= 11 is 0. The van der Waals surface area contributed by atoms with Gasteiger partial charge in [-0.1, -0.05) is 11.8 Å². The van der Waals surface area contributed by atoms with Gasteiger partial charge in [0.2, 0.25) is 5.91 Å². The number of aromatic nitrogens is 6. The monoisotopic (exact) mass is 573 g/mol. The number of piperidine rings is 1. The number of nitrogens with one attached hydrogen (secondary N) is 1. The molecule has 6 rings (SSSR count). The molecule has 0 aliphatic carbocycles. The van der Waals surface area contributed by atoms with Gasteiger partial charge in [-0.2, -0.15) is 0 Å². The first kappa shape index (κ1) is 28.3. The van der Waals surface area contributed by atoms with Crippen LogP contribution in [0.25, 0.3) is 22.1 Å². The Hall–Kier alpha value is -5.20. The van der Waals surface area contributed by atoms with Gasteiger partial charge in [-0.25, -0.2) is 28.4 Å². The average Bonchev–Trinajstić information content (AvgIpc) is 3.37. The van der Waals surface area contributed by atoms with E-state index >= 15 is 4.39 Å². The summed E-state index contributed by atoms with van der Waals surface area (Å²) in [6, 6.07) is 12.4. The van der Waals surface area contributed by atoms with Crippen LogP contribution in [0, 0.1) is 12.7 Å². The number of benzene rings is 2. The standard InChI is InChI=1S/C26H24F2N8O.C3H5NO/c1-15-22(37-17-3-6-21-20(13-17)33-34-35(21)2)7-4-18(24(15)28)31-26-25-19(29-14-30-26)5-8-23(32-25)36-11-9-16(27)10-12-36;1-2-3(4)5/h3-8,13-14,16H,9-12H2,1-2H3,(H,29,30,31);2H,1H2,(H2,4,5). The molecule has 1 amide bonds. The lowest BCUT2D eigenvalue weighted by atomic mass is 10.1. The highest BCUT2D eigenvalue weighted by molar-refractivity contribution is 5.88. The van der Waals surface area contributed by atoms with Crippen LogP contribution in [0.1, 0.15) is 18.4 Å². The van der Waals surface area contributed by atoms with Gasteiger partial charge in [0.05, 0.1) is 16.7 Å². The molecule has 0 atom stereocenters. The maximum atomic E-state index is 15.4. The third-order valence-corrected chi connectivity index (χ3v) is 6.82. The molecule has 3 N–H and O–H groups in total. The Morgan fingerprint density at radius 3 is 2.64 bits per heavy atom. The number of alkyl halides is 1. The largest absolute Gasteiger partial charge is 0.457 e. The fourth-order valence-electron chi connectivity index (χ4n) is 4.49. The number of nitrogens with zero attached hydrogens (tertiary/aromatic N) is 7. The SMILES string of the molecule is C=CC(N)=O.Cc1c(Oc2ccc3c(c2)nnn3C)ccc(Nc2ncnc3ccc(N4CCC(F)CC4)nc23)c1F. The second-order valence-electron chi connectivity index (χ2n) is 9.67. The van der Waals surface area contributed by atoms with Gasteiger partial charge in [-0.05, 0) is 62.2 Å². The Labute approximate surface area is 240 Å². The van der Waals surface area contributed by atoms with Crippen molar-refractivity contribution in [2.24, 2.45) is 12.8 Å². The van der Waals surface area contributed by atoms with Gasteiger partial charge in [-0.15, -0.1) is 5.10 Å². The average molecular weight is 574 g/mol. The van der Waals surface area contributed by atoms with Crippen molar-refractivity contribution in [2.75, 3.05) is 23.3 Å². The van der Waals surface area contributed by atoms with Gasteiger partial charge in [0.15, 0.2) is 11.6 Å². The van der Waals surface area contributed by atoms with Crippen molar-refractivity contribution < 1.29 is 18.3 Å². The summed E-state index contributed by atoms with van der Waals surface area (Å²) in [4.78, 5) is 24.8. The number of rotatable bonds is 6. The number of amides is 1. The number of anilines is 3. The lowest BCUT2D eigenvalue weighted by molar-refractivity contribution is -0.113. The number of pyridine rings is 1. The predicted molar refractivity (Wildman–Crippen MR) is 156 cm³/mol. The van der Waals surface area contributed by atoms with Crippen LogP contribution in [-0.2, 0) is 11.8 Å². The molecule has 216 valence electrons. The van der Waals surface area contributed by atoms with E-state index in [1.54, 1.807) is 35.9 Å². The van der Waals surface area contributed by atoms with Crippen LogP contribution in [0.15, 0.2) is 61.4 Å². The Bertz CT molecular complexity index is 1770. The van der Waals surface area contributed by atoms with Crippen molar-refractivity contribution in [1.29, 1.82) is 0 Å². The summed E-state index contributed by atoms with van der Waals surface area (Å²) in [5.41, 5.74) is 7.80. The minimum atomic E-state index is -0.773. The normalized spacial score (nSPS) is 13.5. The van der Waals surface area contributed by atoms with Gasteiger partial charge in [0, 0.05) is 31.8 Å². The van der Waals surface area contributed by atoms with Crippen LogP contribution in [0.5, 0.6) is 11.5 Å². The lowest BCUT2D eigenvalue weighted by Crippen LogP contribution is -2.34. The van der Waals surface area contributed by atoms with E-state index in [-0.39, 0.29) is 5.69 Å². The predicted octanol–water partition coefficient (Wildman–Crippen LogP) is 4.89. The highest BCUT2D eigenvalue weighted by Gasteiger charge is 2.21. The minimum Gasteiger partial charge on any atom is -0.457 e. The number of primary amides is 1.